The molecular formula is C9H11NOS. The van der Waals surface area contributed by atoms with E-state index in [2.05, 4.69) is 0 Å². The third kappa shape index (κ3) is 2.58. The summed E-state index contributed by atoms with van der Waals surface area (Å²) in [6.07, 6.45) is 0. The number of carbonyl (C=O) groups is 1. The Morgan fingerprint density at radius 3 is 2.75 bits per heavy atom. The molecule has 1 amide bonds. The fourth-order valence-electron chi connectivity index (χ4n) is 0.867. The van der Waals surface area contributed by atoms with Crippen LogP contribution in [0.25, 0.3) is 0 Å². The molecule has 0 radical (unpaired) electrons. The molecule has 0 saturated heterocycles. The molecule has 1 aromatic rings. The van der Waals surface area contributed by atoms with Crippen molar-refractivity contribution in [2.45, 2.75) is 11.8 Å². The van der Waals surface area contributed by atoms with Crippen LogP contribution >= 0.6 is 11.8 Å². The van der Waals surface area contributed by atoms with Crippen molar-refractivity contribution in [1.82, 2.24) is 0 Å². The van der Waals surface area contributed by atoms with Gasteiger partial charge >= 0.3 is 0 Å². The molecular weight excluding hydrogens is 170 g/mol. The zero-order valence-electron chi connectivity index (χ0n) is 6.91. The molecule has 3 heteroatoms. The highest BCUT2D eigenvalue weighted by molar-refractivity contribution is 8.00. The van der Waals surface area contributed by atoms with E-state index in [0.717, 1.165) is 4.90 Å². The number of benzene rings is 1. The Balaban J connectivity index is 2.63. The van der Waals surface area contributed by atoms with Crippen LogP contribution in [0.3, 0.4) is 0 Å². The Bertz CT molecular complexity index is 286. The van der Waals surface area contributed by atoms with Gasteiger partial charge in [0.25, 0.3) is 0 Å². The van der Waals surface area contributed by atoms with Gasteiger partial charge in [-0.2, -0.15) is 0 Å². The molecule has 0 spiro atoms. The largest absolute Gasteiger partial charge is 0.369 e. The number of rotatable bonds is 3. The smallest absolute Gasteiger partial charge is 0.227 e. The summed E-state index contributed by atoms with van der Waals surface area (Å²) in [4.78, 5) is 11.6. The quantitative estimate of drug-likeness (QED) is 0.719. The van der Waals surface area contributed by atoms with E-state index >= 15 is 0 Å². The van der Waals surface area contributed by atoms with E-state index in [1.807, 2.05) is 31.2 Å². The third-order valence-corrected chi connectivity index (χ3v) is 2.66. The van der Waals surface area contributed by atoms with Crippen LogP contribution in [0.4, 0.5) is 0 Å². The maximum atomic E-state index is 10.5. The van der Waals surface area contributed by atoms with Gasteiger partial charge in [0.1, 0.15) is 0 Å². The van der Waals surface area contributed by atoms with Gasteiger partial charge in [0.05, 0.1) is 5.75 Å². The van der Waals surface area contributed by atoms with Crippen LogP contribution in [-0.2, 0) is 4.79 Å². The third-order valence-electron chi connectivity index (χ3n) is 1.46. The number of primary amides is 1. The van der Waals surface area contributed by atoms with Gasteiger partial charge in [0, 0.05) is 4.90 Å². The standard InChI is InChI=1S/C9H11NOS/c1-7-4-2-3-5-8(7)12-6-9(10)11/h2-5H,6H2,1H3,(H2,10,11). The summed E-state index contributed by atoms with van der Waals surface area (Å²) in [6, 6.07) is 7.94. The van der Waals surface area contributed by atoms with Crippen LogP contribution in [0, 0.1) is 6.92 Å². The molecule has 2 nitrogen and oxygen atoms in total. The maximum Gasteiger partial charge on any atom is 0.227 e. The normalized spacial score (nSPS) is 9.75. The lowest BCUT2D eigenvalue weighted by molar-refractivity contribution is -0.115. The fraction of sp³-hybridized carbons (Fsp3) is 0.222. The second-order valence-electron chi connectivity index (χ2n) is 2.52. The minimum Gasteiger partial charge on any atom is -0.369 e. The number of hydrogen-bond donors (Lipinski definition) is 1. The van der Waals surface area contributed by atoms with E-state index in [1.165, 1.54) is 17.3 Å². The van der Waals surface area contributed by atoms with E-state index in [1.54, 1.807) is 0 Å². The fourth-order valence-corrected chi connectivity index (χ4v) is 1.64. The molecule has 0 aromatic heterocycles. The number of aryl methyl sites for hydroxylation is 1. The van der Waals surface area contributed by atoms with Crippen molar-refractivity contribution in [3.63, 3.8) is 0 Å². The van der Waals surface area contributed by atoms with E-state index in [0.29, 0.717) is 5.75 Å². The molecule has 0 bridgehead atoms. The lowest BCUT2D eigenvalue weighted by Gasteiger charge is -2.01. The Hall–Kier alpha value is -0.960. The zero-order valence-corrected chi connectivity index (χ0v) is 7.73. The number of hydrogen-bond acceptors (Lipinski definition) is 2. The van der Waals surface area contributed by atoms with Gasteiger partial charge in [0.2, 0.25) is 5.91 Å². The predicted octanol–water partition coefficient (Wildman–Crippen LogP) is 1.57. The van der Waals surface area contributed by atoms with Crippen molar-refractivity contribution in [2.24, 2.45) is 5.73 Å². The summed E-state index contributed by atoms with van der Waals surface area (Å²) in [6.45, 7) is 2.02. The molecule has 0 aliphatic carbocycles. The highest BCUT2D eigenvalue weighted by atomic mass is 32.2. The van der Waals surface area contributed by atoms with Gasteiger partial charge in [-0.3, -0.25) is 4.79 Å². The van der Waals surface area contributed by atoms with E-state index in [-0.39, 0.29) is 5.91 Å². The maximum absolute atomic E-state index is 10.5. The van der Waals surface area contributed by atoms with Crippen molar-refractivity contribution in [3.05, 3.63) is 29.8 Å². The first kappa shape index (κ1) is 9.13. The second-order valence-corrected chi connectivity index (χ2v) is 3.54. The van der Waals surface area contributed by atoms with Crippen molar-refractivity contribution >= 4 is 17.7 Å². The highest BCUT2D eigenvalue weighted by Gasteiger charge is 1.99. The highest BCUT2D eigenvalue weighted by Crippen LogP contribution is 2.20. The number of thioether (sulfide) groups is 1. The van der Waals surface area contributed by atoms with Gasteiger partial charge < -0.3 is 5.73 Å². The van der Waals surface area contributed by atoms with Crippen LogP contribution in [-0.4, -0.2) is 11.7 Å². The lowest BCUT2D eigenvalue weighted by Crippen LogP contribution is -2.12. The molecule has 12 heavy (non-hydrogen) atoms. The minimum absolute atomic E-state index is 0.275. The van der Waals surface area contributed by atoms with Crippen LogP contribution in [0.15, 0.2) is 29.2 Å². The first-order valence-corrected chi connectivity index (χ1v) is 4.65. The van der Waals surface area contributed by atoms with E-state index < -0.39 is 0 Å². The summed E-state index contributed by atoms with van der Waals surface area (Å²) in [5, 5.41) is 0. The van der Waals surface area contributed by atoms with Crippen molar-refractivity contribution < 1.29 is 4.79 Å². The minimum atomic E-state index is -0.275. The predicted molar refractivity (Wildman–Crippen MR) is 51.1 cm³/mol. The molecule has 2 N–H and O–H groups in total. The zero-order chi connectivity index (χ0) is 8.97. The molecule has 0 aliphatic rings. The first-order chi connectivity index (χ1) is 5.70. The molecule has 1 aromatic carbocycles. The summed E-state index contributed by atoms with van der Waals surface area (Å²) in [5.41, 5.74) is 6.21. The lowest BCUT2D eigenvalue weighted by atomic mass is 10.2. The molecule has 0 fully saturated rings. The summed E-state index contributed by atoms with van der Waals surface area (Å²) in [5.74, 6) is 0.0773. The van der Waals surface area contributed by atoms with Crippen LogP contribution in [0.1, 0.15) is 5.56 Å². The molecule has 0 unspecified atom stereocenters. The summed E-state index contributed by atoms with van der Waals surface area (Å²) < 4.78 is 0. The van der Waals surface area contributed by atoms with Crippen LogP contribution in [0.2, 0.25) is 0 Å². The number of nitrogens with two attached hydrogens (primary N) is 1. The van der Waals surface area contributed by atoms with Crippen LogP contribution < -0.4 is 5.73 Å². The Kier molecular flexibility index (Phi) is 3.17. The SMILES string of the molecule is Cc1ccccc1SCC(N)=O. The van der Waals surface area contributed by atoms with Crippen molar-refractivity contribution in [2.75, 3.05) is 5.75 Å². The molecule has 64 valence electrons. The summed E-state index contributed by atoms with van der Waals surface area (Å²) in [7, 11) is 0. The van der Waals surface area contributed by atoms with Gasteiger partial charge in [-0.05, 0) is 18.6 Å². The number of carbonyl (C=O) groups excluding carboxylic acids is 1. The van der Waals surface area contributed by atoms with Gasteiger partial charge in [-0.1, -0.05) is 18.2 Å². The van der Waals surface area contributed by atoms with Gasteiger partial charge in [-0.25, -0.2) is 0 Å². The Morgan fingerprint density at radius 2 is 2.17 bits per heavy atom. The first-order valence-electron chi connectivity index (χ1n) is 3.67. The van der Waals surface area contributed by atoms with Gasteiger partial charge in [0.15, 0.2) is 0 Å². The van der Waals surface area contributed by atoms with E-state index in [9.17, 15) is 4.79 Å². The molecule has 0 aliphatic heterocycles. The topological polar surface area (TPSA) is 43.1 Å². The van der Waals surface area contributed by atoms with Crippen LogP contribution in [0.5, 0.6) is 0 Å². The van der Waals surface area contributed by atoms with Crippen molar-refractivity contribution in [3.8, 4) is 0 Å². The summed E-state index contributed by atoms with van der Waals surface area (Å²) >= 11 is 1.48. The monoisotopic (exact) mass is 181 g/mol. The number of amides is 1. The van der Waals surface area contributed by atoms with Crippen molar-refractivity contribution in [1.29, 1.82) is 0 Å². The molecule has 0 saturated carbocycles. The molecule has 1 rings (SSSR count). The second kappa shape index (κ2) is 4.16. The van der Waals surface area contributed by atoms with E-state index in [4.69, 9.17) is 5.73 Å². The Labute approximate surface area is 76.2 Å². The average molecular weight is 181 g/mol. The van der Waals surface area contributed by atoms with Gasteiger partial charge in [-0.15, -0.1) is 11.8 Å². The average Bonchev–Trinajstić information content (AvgIpc) is 2.03. The Morgan fingerprint density at radius 1 is 1.50 bits per heavy atom. The molecule has 0 heterocycles. The molecule has 0 atom stereocenters.